The lowest BCUT2D eigenvalue weighted by Crippen LogP contribution is -2.44. The van der Waals surface area contributed by atoms with E-state index < -0.39 is 0 Å². The Morgan fingerprint density at radius 3 is 2.87 bits per heavy atom. The van der Waals surface area contributed by atoms with Crippen LogP contribution in [-0.2, 0) is 6.42 Å². The van der Waals surface area contributed by atoms with Crippen molar-refractivity contribution in [3.63, 3.8) is 0 Å². The maximum atomic E-state index is 2.72. The highest BCUT2D eigenvalue weighted by atomic mass is 15.2. The predicted molar refractivity (Wildman–Crippen MR) is 96.2 cm³/mol. The van der Waals surface area contributed by atoms with Gasteiger partial charge in [0.25, 0.3) is 0 Å². The van der Waals surface area contributed by atoms with Crippen LogP contribution in [-0.4, -0.2) is 24.0 Å². The zero-order chi connectivity index (χ0) is 15.3. The molecule has 1 nitrogen and oxygen atoms in total. The van der Waals surface area contributed by atoms with E-state index in [0.717, 1.165) is 12.5 Å². The number of nitrogens with zero attached hydrogens (tertiary/aromatic N) is 1. The normalized spacial score (nSPS) is 32.6. The Hall–Kier alpha value is -1.60. The molecule has 2 atom stereocenters. The summed E-state index contributed by atoms with van der Waals surface area (Å²) >= 11 is 0. The molecule has 3 aliphatic carbocycles. The van der Waals surface area contributed by atoms with Crippen molar-refractivity contribution >= 4 is 5.57 Å². The predicted octanol–water partition coefficient (Wildman–Crippen LogP) is 4.76. The molecule has 1 heteroatoms. The van der Waals surface area contributed by atoms with Gasteiger partial charge in [0.15, 0.2) is 0 Å². The number of hydrogen-bond donors (Lipinski definition) is 0. The number of likely N-dealkylation sites (tertiary alicyclic amines) is 1. The molecule has 2 unspecified atom stereocenters. The third-order valence-corrected chi connectivity index (χ3v) is 6.50. The van der Waals surface area contributed by atoms with Crippen LogP contribution in [0.4, 0.5) is 0 Å². The van der Waals surface area contributed by atoms with Crippen molar-refractivity contribution < 1.29 is 0 Å². The van der Waals surface area contributed by atoms with Crippen molar-refractivity contribution in [2.45, 2.75) is 44.6 Å². The van der Waals surface area contributed by atoms with Crippen LogP contribution in [0.1, 0.15) is 43.2 Å². The summed E-state index contributed by atoms with van der Waals surface area (Å²) in [6.45, 7) is 2.67. The first-order chi connectivity index (χ1) is 11.3. The Labute approximate surface area is 139 Å². The minimum Gasteiger partial charge on any atom is -0.300 e. The fourth-order valence-electron chi connectivity index (χ4n) is 5.05. The highest BCUT2D eigenvalue weighted by Gasteiger charge is 2.42. The van der Waals surface area contributed by atoms with Crippen molar-refractivity contribution in [2.24, 2.45) is 5.41 Å². The number of benzene rings is 1. The van der Waals surface area contributed by atoms with Crippen LogP contribution in [0.3, 0.4) is 0 Å². The van der Waals surface area contributed by atoms with E-state index in [2.05, 4.69) is 53.5 Å². The van der Waals surface area contributed by atoms with Gasteiger partial charge in [-0.25, -0.2) is 0 Å². The molecular weight excluding hydrogens is 278 g/mol. The van der Waals surface area contributed by atoms with E-state index >= 15 is 0 Å². The molecule has 1 saturated carbocycles. The number of hydrogen-bond acceptors (Lipinski definition) is 1. The van der Waals surface area contributed by atoms with Crippen molar-refractivity contribution in [1.82, 2.24) is 4.90 Å². The average molecular weight is 303 g/mol. The van der Waals surface area contributed by atoms with Crippen LogP contribution >= 0.6 is 0 Å². The van der Waals surface area contributed by atoms with E-state index in [1.165, 1.54) is 61.9 Å². The maximum absolute atomic E-state index is 2.72. The zero-order valence-electron chi connectivity index (χ0n) is 13.8. The van der Waals surface area contributed by atoms with Crippen LogP contribution in [0, 0.1) is 5.41 Å². The number of allylic oxidation sites excluding steroid dienone is 6. The minimum atomic E-state index is 0.421. The van der Waals surface area contributed by atoms with Crippen molar-refractivity contribution in [2.75, 3.05) is 13.1 Å². The third-order valence-electron chi connectivity index (χ3n) is 6.50. The quantitative estimate of drug-likeness (QED) is 0.723. The van der Waals surface area contributed by atoms with Gasteiger partial charge in [0.2, 0.25) is 0 Å². The van der Waals surface area contributed by atoms with Crippen molar-refractivity contribution in [3.8, 4) is 0 Å². The molecule has 0 N–H and O–H groups in total. The minimum absolute atomic E-state index is 0.421. The van der Waals surface area contributed by atoms with Gasteiger partial charge in [0.05, 0.1) is 0 Å². The summed E-state index contributed by atoms with van der Waals surface area (Å²) < 4.78 is 0. The zero-order valence-corrected chi connectivity index (χ0v) is 13.8. The van der Waals surface area contributed by atoms with Gasteiger partial charge in [-0.2, -0.15) is 0 Å². The monoisotopic (exact) mass is 303 g/mol. The standard InChI is InChI=1S/C22H25N/c1-2-8-20-17(5-1)6-3-7-18-9-11-22(16-21(18)20)12-10-19(15-22)23-13-4-14-23/h1-3,5,7-9,11,19H,4,6,10,12-16H2. The second-order valence-electron chi connectivity index (χ2n) is 7.86. The molecule has 0 amide bonds. The molecule has 1 spiro atoms. The summed E-state index contributed by atoms with van der Waals surface area (Å²) in [5.41, 5.74) is 6.47. The molecular formula is C22H25N. The molecule has 0 bridgehead atoms. The largest absolute Gasteiger partial charge is 0.300 e. The molecule has 1 heterocycles. The van der Waals surface area contributed by atoms with Crippen LogP contribution in [0.5, 0.6) is 0 Å². The second kappa shape index (κ2) is 5.21. The van der Waals surface area contributed by atoms with Crippen LogP contribution < -0.4 is 0 Å². The Bertz CT molecular complexity index is 719. The Morgan fingerprint density at radius 1 is 1.09 bits per heavy atom. The van der Waals surface area contributed by atoms with Gasteiger partial charge in [-0.05, 0) is 79.3 Å². The fraction of sp³-hybridized carbons (Fsp3) is 0.455. The lowest BCUT2D eigenvalue weighted by atomic mass is 9.73. The summed E-state index contributed by atoms with van der Waals surface area (Å²) in [4.78, 5) is 2.72. The number of fused-ring (bicyclic) bond motifs is 2. The SMILES string of the molecule is C1=CC2=C(CC3(C=C2)CCC(N2CCC2)C3)c2ccccc2C1. The third kappa shape index (κ3) is 2.25. The van der Waals surface area contributed by atoms with Gasteiger partial charge in [-0.3, -0.25) is 0 Å². The van der Waals surface area contributed by atoms with E-state index in [4.69, 9.17) is 0 Å². The van der Waals surface area contributed by atoms with Gasteiger partial charge < -0.3 is 4.90 Å². The van der Waals surface area contributed by atoms with E-state index in [1.54, 1.807) is 5.57 Å². The Balaban J connectivity index is 1.48. The van der Waals surface area contributed by atoms with Crippen LogP contribution in [0.25, 0.3) is 5.57 Å². The topological polar surface area (TPSA) is 3.24 Å². The maximum Gasteiger partial charge on any atom is 0.0104 e. The van der Waals surface area contributed by atoms with Gasteiger partial charge in [-0.1, -0.05) is 48.6 Å². The van der Waals surface area contributed by atoms with E-state index in [1.807, 2.05) is 0 Å². The molecule has 0 radical (unpaired) electrons. The highest BCUT2D eigenvalue weighted by Crippen LogP contribution is 2.52. The smallest absolute Gasteiger partial charge is 0.0104 e. The molecule has 2 fully saturated rings. The van der Waals surface area contributed by atoms with Gasteiger partial charge in [-0.15, -0.1) is 0 Å². The molecule has 1 aromatic rings. The van der Waals surface area contributed by atoms with Gasteiger partial charge in [0, 0.05) is 6.04 Å². The highest BCUT2D eigenvalue weighted by molar-refractivity contribution is 5.78. The molecule has 1 saturated heterocycles. The molecule has 1 aliphatic heterocycles. The number of rotatable bonds is 1. The van der Waals surface area contributed by atoms with E-state index in [0.29, 0.717) is 5.41 Å². The molecule has 4 aliphatic rings. The van der Waals surface area contributed by atoms with E-state index in [-0.39, 0.29) is 0 Å². The summed E-state index contributed by atoms with van der Waals surface area (Å²) in [5, 5.41) is 0. The fourth-order valence-corrected chi connectivity index (χ4v) is 5.05. The van der Waals surface area contributed by atoms with Crippen LogP contribution in [0.2, 0.25) is 0 Å². The molecule has 118 valence electrons. The van der Waals surface area contributed by atoms with Gasteiger partial charge in [0.1, 0.15) is 0 Å². The first-order valence-corrected chi connectivity index (χ1v) is 9.24. The molecule has 23 heavy (non-hydrogen) atoms. The molecule has 1 aromatic carbocycles. The van der Waals surface area contributed by atoms with Gasteiger partial charge >= 0.3 is 0 Å². The van der Waals surface area contributed by atoms with Crippen LogP contribution in [0.15, 0.2) is 54.1 Å². The Kier molecular flexibility index (Phi) is 3.12. The lowest BCUT2D eigenvalue weighted by Gasteiger charge is -2.38. The lowest BCUT2D eigenvalue weighted by molar-refractivity contribution is 0.114. The summed E-state index contributed by atoms with van der Waals surface area (Å²) in [5.74, 6) is 0. The second-order valence-corrected chi connectivity index (χ2v) is 7.86. The summed E-state index contributed by atoms with van der Waals surface area (Å²) in [7, 11) is 0. The van der Waals surface area contributed by atoms with Crippen molar-refractivity contribution in [3.05, 3.63) is 65.3 Å². The Morgan fingerprint density at radius 2 is 2.00 bits per heavy atom. The van der Waals surface area contributed by atoms with Crippen molar-refractivity contribution in [1.29, 1.82) is 0 Å². The molecule has 5 rings (SSSR count). The first-order valence-electron chi connectivity index (χ1n) is 9.24. The average Bonchev–Trinajstić information content (AvgIpc) is 2.81. The summed E-state index contributed by atoms with van der Waals surface area (Å²) in [6.07, 6.45) is 17.5. The van der Waals surface area contributed by atoms with E-state index in [9.17, 15) is 0 Å². The molecule has 0 aromatic heterocycles. The summed E-state index contributed by atoms with van der Waals surface area (Å²) in [6, 6.07) is 9.87. The first kappa shape index (κ1) is 13.8.